The van der Waals surface area contributed by atoms with E-state index in [1.54, 1.807) is 0 Å². The molecule has 1 aliphatic heterocycles. The number of carbonyl (C=O) groups excluding carboxylic acids is 1. The molecular formula is C15H23ClN2O2. The molecule has 112 valence electrons. The summed E-state index contributed by atoms with van der Waals surface area (Å²) in [7, 11) is 0. The van der Waals surface area contributed by atoms with Gasteiger partial charge in [-0.2, -0.15) is 0 Å². The Labute approximate surface area is 126 Å². The van der Waals surface area contributed by atoms with E-state index in [2.05, 4.69) is 0 Å². The molecule has 1 heterocycles. The Morgan fingerprint density at radius 3 is 2.80 bits per heavy atom. The maximum atomic E-state index is 12.1. The molecule has 1 aromatic rings. The Bertz CT molecular complexity index is 412. The van der Waals surface area contributed by atoms with Crippen molar-refractivity contribution in [3.05, 3.63) is 30.3 Å². The fourth-order valence-corrected chi connectivity index (χ4v) is 2.42. The summed E-state index contributed by atoms with van der Waals surface area (Å²) in [5, 5.41) is 0. The molecule has 5 heteroatoms. The summed E-state index contributed by atoms with van der Waals surface area (Å²) in [4.78, 5) is 14.0. The third kappa shape index (κ3) is 4.69. The van der Waals surface area contributed by atoms with E-state index in [1.807, 2.05) is 42.2 Å². The Hall–Kier alpha value is -1.26. The first-order valence-corrected chi connectivity index (χ1v) is 6.88. The average Bonchev–Trinajstić information content (AvgIpc) is 2.46. The van der Waals surface area contributed by atoms with Crippen LogP contribution in [0.4, 0.5) is 0 Å². The van der Waals surface area contributed by atoms with E-state index in [4.69, 9.17) is 10.5 Å². The zero-order valence-electron chi connectivity index (χ0n) is 11.8. The first-order valence-electron chi connectivity index (χ1n) is 6.88. The highest BCUT2D eigenvalue weighted by Gasteiger charge is 2.25. The summed E-state index contributed by atoms with van der Waals surface area (Å²) in [5.41, 5.74) is 5.93. The van der Waals surface area contributed by atoms with E-state index >= 15 is 0 Å². The van der Waals surface area contributed by atoms with Gasteiger partial charge in [0.05, 0.1) is 0 Å². The van der Waals surface area contributed by atoms with Crippen LogP contribution in [0.2, 0.25) is 0 Å². The fourth-order valence-electron chi connectivity index (χ4n) is 2.42. The molecule has 0 aromatic heterocycles. The number of halogens is 1. The second-order valence-electron chi connectivity index (χ2n) is 5.20. The number of ether oxygens (including phenoxy) is 1. The number of hydrogen-bond acceptors (Lipinski definition) is 3. The zero-order valence-corrected chi connectivity index (χ0v) is 12.6. The molecule has 0 spiro atoms. The highest BCUT2D eigenvalue weighted by Crippen LogP contribution is 2.19. The van der Waals surface area contributed by atoms with Crippen LogP contribution in [0.1, 0.15) is 19.8 Å². The van der Waals surface area contributed by atoms with Crippen molar-refractivity contribution in [1.29, 1.82) is 0 Å². The van der Waals surface area contributed by atoms with Crippen molar-refractivity contribution >= 4 is 18.3 Å². The number of benzene rings is 1. The molecular weight excluding hydrogens is 276 g/mol. The second kappa shape index (κ2) is 8.12. The molecule has 1 saturated heterocycles. The lowest BCUT2D eigenvalue weighted by Crippen LogP contribution is -2.46. The normalized spacial score (nSPS) is 19.9. The Balaban J connectivity index is 0.00000200. The number of hydrogen-bond donors (Lipinski definition) is 1. The van der Waals surface area contributed by atoms with Crippen LogP contribution in [0.15, 0.2) is 30.3 Å². The van der Waals surface area contributed by atoms with Crippen LogP contribution in [0.5, 0.6) is 5.75 Å². The van der Waals surface area contributed by atoms with Gasteiger partial charge in [-0.3, -0.25) is 4.79 Å². The lowest BCUT2D eigenvalue weighted by atomic mass is 9.92. The van der Waals surface area contributed by atoms with Crippen LogP contribution in [-0.2, 0) is 4.79 Å². The fraction of sp³-hybridized carbons (Fsp3) is 0.533. The van der Waals surface area contributed by atoms with Crippen molar-refractivity contribution in [2.75, 3.05) is 19.7 Å². The summed E-state index contributed by atoms with van der Waals surface area (Å²) < 4.78 is 5.49. The van der Waals surface area contributed by atoms with Crippen molar-refractivity contribution in [3.8, 4) is 5.75 Å². The van der Waals surface area contributed by atoms with Gasteiger partial charge in [-0.1, -0.05) is 18.2 Å². The maximum absolute atomic E-state index is 12.1. The number of piperidine rings is 1. The molecule has 1 fully saturated rings. The first kappa shape index (κ1) is 16.8. The summed E-state index contributed by atoms with van der Waals surface area (Å²) in [5.74, 6) is 1.19. The molecule has 2 N–H and O–H groups in total. The quantitative estimate of drug-likeness (QED) is 0.926. The molecule has 1 aliphatic rings. The molecule has 2 rings (SSSR count). The minimum Gasteiger partial charge on any atom is -0.484 e. The summed E-state index contributed by atoms with van der Waals surface area (Å²) in [6.45, 7) is 3.70. The topological polar surface area (TPSA) is 55.6 Å². The predicted molar refractivity (Wildman–Crippen MR) is 82.1 cm³/mol. The number of para-hydroxylation sites is 1. The van der Waals surface area contributed by atoms with Gasteiger partial charge in [0, 0.05) is 19.1 Å². The first-order chi connectivity index (χ1) is 9.16. The van der Waals surface area contributed by atoms with E-state index in [1.165, 1.54) is 0 Å². The van der Waals surface area contributed by atoms with E-state index in [-0.39, 0.29) is 31.0 Å². The van der Waals surface area contributed by atoms with Crippen LogP contribution < -0.4 is 10.5 Å². The standard InChI is InChI=1S/C15H22N2O2.ClH/c1-12(16)13-6-5-9-17(10-13)15(18)11-19-14-7-3-2-4-8-14;/h2-4,7-8,12-13H,5-6,9-11,16H2,1H3;1H. The van der Waals surface area contributed by atoms with Gasteiger partial charge in [-0.25, -0.2) is 0 Å². The molecule has 0 bridgehead atoms. The van der Waals surface area contributed by atoms with Crippen molar-refractivity contribution in [1.82, 2.24) is 4.90 Å². The molecule has 1 amide bonds. The highest BCUT2D eigenvalue weighted by molar-refractivity contribution is 5.85. The smallest absolute Gasteiger partial charge is 0.260 e. The highest BCUT2D eigenvalue weighted by atomic mass is 35.5. The molecule has 1 aromatic carbocycles. The van der Waals surface area contributed by atoms with Crippen molar-refractivity contribution in [2.24, 2.45) is 11.7 Å². The van der Waals surface area contributed by atoms with Gasteiger partial charge in [0.1, 0.15) is 5.75 Å². The molecule has 2 atom stereocenters. The van der Waals surface area contributed by atoms with Gasteiger partial charge in [-0.15, -0.1) is 12.4 Å². The van der Waals surface area contributed by atoms with Crippen molar-refractivity contribution in [3.63, 3.8) is 0 Å². The maximum Gasteiger partial charge on any atom is 0.260 e. The van der Waals surface area contributed by atoms with Gasteiger partial charge in [0.15, 0.2) is 6.61 Å². The van der Waals surface area contributed by atoms with E-state index in [0.29, 0.717) is 5.92 Å². The third-order valence-electron chi connectivity index (χ3n) is 3.66. The number of likely N-dealkylation sites (tertiary alicyclic amines) is 1. The molecule has 0 saturated carbocycles. The minimum absolute atomic E-state index is 0. The minimum atomic E-state index is 0. The lowest BCUT2D eigenvalue weighted by Gasteiger charge is -2.34. The largest absolute Gasteiger partial charge is 0.484 e. The van der Waals surface area contributed by atoms with Crippen molar-refractivity contribution < 1.29 is 9.53 Å². The monoisotopic (exact) mass is 298 g/mol. The molecule has 0 aliphatic carbocycles. The Kier molecular flexibility index (Phi) is 6.82. The van der Waals surface area contributed by atoms with E-state index in [9.17, 15) is 4.79 Å². The van der Waals surface area contributed by atoms with Crippen LogP contribution in [0.25, 0.3) is 0 Å². The van der Waals surface area contributed by atoms with Crippen LogP contribution in [0.3, 0.4) is 0 Å². The van der Waals surface area contributed by atoms with Gasteiger partial charge in [0.2, 0.25) is 0 Å². The van der Waals surface area contributed by atoms with Gasteiger partial charge in [0.25, 0.3) is 5.91 Å². The summed E-state index contributed by atoms with van der Waals surface area (Å²) in [6, 6.07) is 9.57. The number of rotatable bonds is 4. The van der Waals surface area contributed by atoms with Gasteiger partial charge >= 0.3 is 0 Å². The number of nitrogens with two attached hydrogens (primary N) is 1. The molecule has 4 nitrogen and oxygen atoms in total. The van der Waals surface area contributed by atoms with Gasteiger partial charge < -0.3 is 15.4 Å². The van der Waals surface area contributed by atoms with Crippen LogP contribution in [0, 0.1) is 5.92 Å². The van der Waals surface area contributed by atoms with Crippen LogP contribution in [-0.4, -0.2) is 36.5 Å². The van der Waals surface area contributed by atoms with Gasteiger partial charge in [-0.05, 0) is 37.8 Å². The lowest BCUT2D eigenvalue weighted by molar-refractivity contribution is -0.135. The molecule has 20 heavy (non-hydrogen) atoms. The Morgan fingerprint density at radius 2 is 2.15 bits per heavy atom. The average molecular weight is 299 g/mol. The second-order valence-corrected chi connectivity index (χ2v) is 5.20. The molecule has 2 unspecified atom stereocenters. The van der Waals surface area contributed by atoms with E-state index in [0.717, 1.165) is 31.7 Å². The SMILES string of the molecule is CC(N)C1CCCN(C(=O)COc2ccccc2)C1.Cl. The predicted octanol–water partition coefficient (Wildman–Crippen LogP) is 2.07. The van der Waals surface area contributed by atoms with Crippen molar-refractivity contribution in [2.45, 2.75) is 25.8 Å². The van der Waals surface area contributed by atoms with Crippen LogP contribution >= 0.6 is 12.4 Å². The summed E-state index contributed by atoms with van der Waals surface area (Å²) >= 11 is 0. The number of amides is 1. The Morgan fingerprint density at radius 1 is 1.45 bits per heavy atom. The molecule has 0 radical (unpaired) electrons. The zero-order chi connectivity index (χ0) is 13.7. The number of nitrogens with zero attached hydrogens (tertiary/aromatic N) is 1. The number of carbonyl (C=O) groups is 1. The summed E-state index contributed by atoms with van der Waals surface area (Å²) in [6.07, 6.45) is 2.14. The van der Waals surface area contributed by atoms with E-state index < -0.39 is 0 Å². The third-order valence-corrected chi connectivity index (χ3v) is 3.66.